The molecule has 12 heteroatoms. The van der Waals surface area contributed by atoms with Crippen LogP contribution in [-0.2, 0) is 39.5 Å². The van der Waals surface area contributed by atoms with Gasteiger partial charge in [-0.05, 0) is 53.6 Å². The first-order valence-electron chi connectivity index (χ1n) is 12.1. The molecule has 0 amide bonds. The third-order valence-electron chi connectivity index (χ3n) is 6.94. The fourth-order valence-electron chi connectivity index (χ4n) is 4.95. The summed E-state index contributed by atoms with van der Waals surface area (Å²) < 4.78 is 60.9. The molecule has 0 bridgehead atoms. The Labute approximate surface area is 217 Å². The molecule has 0 spiro atoms. The first kappa shape index (κ1) is 25.8. The van der Waals surface area contributed by atoms with Crippen molar-refractivity contribution in [3.63, 3.8) is 0 Å². The Morgan fingerprint density at radius 2 is 1.76 bits per heavy atom. The van der Waals surface area contributed by atoms with Gasteiger partial charge in [0.05, 0.1) is 12.9 Å². The van der Waals surface area contributed by atoms with Crippen LogP contribution in [0.15, 0.2) is 52.2 Å². The van der Waals surface area contributed by atoms with E-state index < -0.39 is 19.9 Å². The number of sulfone groups is 1. The molecule has 2 aliphatic heterocycles. The molecule has 1 saturated heterocycles. The number of rotatable bonds is 8. The number of aromatic nitrogens is 2. The minimum absolute atomic E-state index is 0.172. The van der Waals surface area contributed by atoms with E-state index in [1.165, 1.54) is 34.3 Å². The Bertz CT molecular complexity index is 1480. The molecule has 3 heterocycles. The number of hydrogen-bond acceptors (Lipinski definition) is 9. The molecule has 0 radical (unpaired) electrons. The van der Waals surface area contributed by atoms with Crippen molar-refractivity contribution in [3.8, 4) is 17.1 Å². The molecule has 5 rings (SSSR count). The van der Waals surface area contributed by atoms with Gasteiger partial charge < -0.3 is 9.26 Å². The van der Waals surface area contributed by atoms with Gasteiger partial charge in [0.25, 0.3) is 0 Å². The Balaban J connectivity index is 1.24. The number of piperidine rings is 1. The molecule has 1 aromatic heterocycles. The van der Waals surface area contributed by atoms with E-state index in [1.54, 1.807) is 12.1 Å². The number of hydrogen-bond donors (Lipinski definition) is 0. The highest BCUT2D eigenvalue weighted by Gasteiger charge is 2.26. The summed E-state index contributed by atoms with van der Waals surface area (Å²) in [7, 11) is -6.70. The maximum atomic E-state index is 12.6. The van der Waals surface area contributed by atoms with Crippen molar-refractivity contribution in [2.75, 3.05) is 32.2 Å². The second-order valence-corrected chi connectivity index (χ2v) is 13.8. The van der Waals surface area contributed by atoms with Crippen molar-refractivity contribution < 1.29 is 26.1 Å². The summed E-state index contributed by atoms with van der Waals surface area (Å²) in [5.74, 6) is 1.06. The van der Waals surface area contributed by atoms with Crippen LogP contribution in [-0.4, -0.2) is 68.4 Å². The summed E-state index contributed by atoms with van der Waals surface area (Å²) >= 11 is 0. The molecule has 0 saturated carbocycles. The molecule has 10 nitrogen and oxygen atoms in total. The first-order valence-corrected chi connectivity index (χ1v) is 15.8. The van der Waals surface area contributed by atoms with Crippen LogP contribution in [0, 0.1) is 5.92 Å². The van der Waals surface area contributed by atoms with Crippen LogP contribution < -0.4 is 4.74 Å². The molecule has 37 heavy (non-hydrogen) atoms. The van der Waals surface area contributed by atoms with Gasteiger partial charge in [0.1, 0.15) is 10.6 Å². The zero-order valence-corrected chi connectivity index (χ0v) is 22.5. The number of sulfonamides is 1. The van der Waals surface area contributed by atoms with Crippen molar-refractivity contribution in [1.82, 2.24) is 19.3 Å². The van der Waals surface area contributed by atoms with Crippen molar-refractivity contribution in [3.05, 3.63) is 59.5 Å². The van der Waals surface area contributed by atoms with Gasteiger partial charge >= 0.3 is 0 Å². The molecule has 0 aliphatic carbocycles. The van der Waals surface area contributed by atoms with E-state index in [4.69, 9.17) is 9.26 Å². The van der Waals surface area contributed by atoms with Gasteiger partial charge in [-0.1, -0.05) is 23.4 Å². The summed E-state index contributed by atoms with van der Waals surface area (Å²) in [4.78, 5) is 6.54. The smallest absolute Gasteiger partial charge is 0.214 e. The Hall–Kier alpha value is -2.80. The second-order valence-electron chi connectivity index (χ2n) is 9.85. The molecule has 1 fully saturated rings. The molecule has 0 N–H and O–H groups in total. The highest BCUT2D eigenvalue weighted by Crippen LogP contribution is 2.31. The summed E-state index contributed by atoms with van der Waals surface area (Å²) in [6.45, 7) is 3.36. The van der Waals surface area contributed by atoms with Crippen LogP contribution in [0.5, 0.6) is 5.75 Å². The highest BCUT2D eigenvalue weighted by molar-refractivity contribution is 7.90. The predicted octanol–water partition coefficient (Wildman–Crippen LogP) is 2.71. The highest BCUT2D eigenvalue weighted by atomic mass is 32.2. The van der Waals surface area contributed by atoms with Gasteiger partial charge in [-0.3, -0.25) is 4.90 Å². The van der Waals surface area contributed by atoms with Crippen LogP contribution in [0.25, 0.3) is 11.4 Å². The average Bonchev–Trinajstić information content (AvgIpc) is 3.51. The maximum Gasteiger partial charge on any atom is 0.214 e. The molecule has 0 atom stereocenters. The molecular weight excluding hydrogens is 516 g/mol. The van der Waals surface area contributed by atoms with Crippen molar-refractivity contribution in [2.45, 2.75) is 37.4 Å². The van der Waals surface area contributed by atoms with Crippen LogP contribution in [0.4, 0.5) is 0 Å². The lowest BCUT2D eigenvalue weighted by atomic mass is 9.99. The Morgan fingerprint density at radius 3 is 2.43 bits per heavy atom. The number of ether oxygens (including phenoxy) is 1. The molecule has 2 aliphatic rings. The number of benzene rings is 2. The minimum atomic E-state index is -3.51. The lowest BCUT2D eigenvalue weighted by molar-refractivity contribution is 0.183. The minimum Gasteiger partial charge on any atom is -0.492 e. The standard InChI is InChI=1S/C25H30N4O6S2/c1-36(30,31)24-11-19(3-6-23(24)34-16-18-7-9-29(10-8-18)37(2,32)33)13-28-14-21-5-4-20(12-22(21)15-28)25-26-17-35-27-25/h3-6,11-12,17-18H,7-10,13-16H2,1-2H3. The van der Waals surface area contributed by atoms with Gasteiger partial charge in [0.15, 0.2) is 9.84 Å². The van der Waals surface area contributed by atoms with E-state index in [0.29, 0.717) is 50.7 Å². The fourth-order valence-corrected chi connectivity index (χ4v) is 6.68. The second kappa shape index (κ2) is 10.2. The molecule has 0 unspecified atom stereocenters. The maximum absolute atomic E-state index is 12.6. The first-order chi connectivity index (χ1) is 17.6. The zero-order chi connectivity index (χ0) is 26.2. The van der Waals surface area contributed by atoms with Gasteiger partial charge in [-0.15, -0.1) is 0 Å². The van der Waals surface area contributed by atoms with Crippen LogP contribution in [0.1, 0.15) is 29.5 Å². The van der Waals surface area contributed by atoms with Gasteiger partial charge in [0, 0.05) is 44.5 Å². The topological polar surface area (TPSA) is 123 Å². The van der Waals surface area contributed by atoms with E-state index >= 15 is 0 Å². The van der Waals surface area contributed by atoms with E-state index in [0.717, 1.165) is 24.2 Å². The van der Waals surface area contributed by atoms with Crippen molar-refractivity contribution in [2.24, 2.45) is 5.92 Å². The number of fused-ring (bicyclic) bond motifs is 1. The predicted molar refractivity (Wildman–Crippen MR) is 137 cm³/mol. The summed E-state index contributed by atoms with van der Waals surface area (Å²) in [6, 6.07) is 11.5. The van der Waals surface area contributed by atoms with Gasteiger partial charge in [-0.25, -0.2) is 21.1 Å². The van der Waals surface area contributed by atoms with Gasteiger partial charge in [-0.2, -0.15) is 4.98 Å². The van der Waals surface area contributed by atoms with Crippen LogP contribution >= 0.6 is 0 Å². The Morgan fingerprint density at radius 1 is 1.00 bits per heavy atom. The van der Waals surface area contributed by atoms with Crippen LogP contribution in [0.3, 0.4) is 0 Å². The normalized spacial score (nSPS) is 17.7. The largest absolute Gasteiger partial charge is 0.492 e. The lowest BCUT2D eigenvalue weighted by Crippen LogP contribution is -2.39. The molecule has 2 aromatic carbocycles. The van der Waals surface area contributed by atoms with Crippen molar-refractivity contribution in [1.29, 1.82) is 0 Å². The zero-order valence-electron chi connectivity index (χ0n) is 20.8. The average molecular weight is 547 g/mol. The van der Waals surface area contributed by atoms with E-state index in [-0.39, 0.29) is 10.8 Å². The molecular formula is C25H30N4O6S2. The summed E-state index contributed by atoms with van der Waals surface area (Å²) in [6.07, 6.45) is 5.09. The van der Waals surface area contributed by atoms with Crippen LogP contribution in [0.2, 0.25) is 0 Å². The summed E-state index contributed by atoms with van der Waals surface area (Å²) in [5, 5.41) is 3.90. The van der Waals surface area contributed by atoms with Gasteiger partial charge in [0.2, 0.25) is 22.2 Å². The number of nitrogens with zero attached hydrogens (tertiary/aromatic N) is 4. The van der Waals surface area contributed by atoms with E-state index in [1.807, 2.05) is 12.1 Å². The van der Waals surface area contributed by atoms with E-state index in [2.05, 4.69) is 27.2 Å². The fraction of sp³-hybridized carbons (Fsp3) is 0.440. The third kappa shape index (κ3) is 6.03. The monoisotopic (exact) mass is 546 g/mol. The Kier molecular flexibility index (Phi) is 7.10. The van der Waals surface area contributed by atoms with E-state index in [9.17, 15) is 16.8 Å². The molecule has 3 aromatic rings. The van der Waals surface area contributed by atoms with Crippen molar-refractivity contribution >= 4 is 19.9 Å². The SMILES string of the molecule is CS(=O)(=O)c1cc(CN2Cc3ccc(-c4ncon4)cc3C2)ccc1OCC1CCN(S(C)(=O)=O)CC1. The third-order valence-corrected chi connectivity index (χ3v) is 9.37. The molecule has 198 valence electrons. The quantitative estimate of drug-likeness (QED) is 0.420. The lowest BCUT2D eigenvalue weighted by Gasteiger charge is -2.30. The summed E-state index contributed by atoms with van der Waals surface area (Å²) in [5.41, 5.74) is 4.20.